The Hall–Kier alpha value is -1.71. The molecule has 1 aromatic rings. The standard InChI is InChI=1S/C17H23NO2/c1-5-6-14(3)17(18-12-20-4)16-11-13(2)7-8-15(16)9-10-19/h5-8,11,19H,3,9-10,12H2,1-2,4H3/b6-5-,18-17-. The van der Waals surface area contributed by atoms with Crippen LogP contribution < -0.4 is 0 Å². The number of hydrogen-bond donors (Lipinski definition) is 1. The first-order valence-corrected chi connectivity index (χ1v) is 6.70. The molecular formula is C17H23NO2. The number of aryl methyl sites for hydroxylation is 1. The topological polar surface area (TPSA) is 41.8 Å². The highest BCUT2D eigenvalue weighted by molar-refractivity contribution is 6.14. The molecule has 0 aromatic heterocycles. The van der Waals surface area contributed by atoms with E-state index >= 15 is 0 Å². The Balaban J connectivity index is 3.31. The van der Waals surface area contributed by atoms with Crippen molar-refractivity contribution in [3.05, 3.63) is 59.2 Å². The molecule has 0 fully saturated rings. The number of aliphatic imine (C=N–C) groups is 1. The molecule has 3 heteroatoms. The summed E-state index contributed by atoms with van der Waals surface area (Å²) in [6.07, 6.45) is 4.47. The van der Waals surface area contributed by atoms with Crippen molar-refractivity contribution in [3.63, 3.8) is 0 Å². The fourth-order valence-electron chi connectivity index (χ4n) is 2.02. The van der Waals surface area contributed by atoms with Crippen LogP contribution in [0, 0.1) is 6.92 Å². The Bertz CT molecular complexity index is 516. The van der Waals surface area contributed by atoms with Gasteiger partial charge in [-0.2, -0.15) is 0 Å². The first-order valence-electron chi connectivity index (χ1n) is 6.70. The molecule has 0 radical (unpaired) electrons. The largest absolute Gasteiger partial charge is 0.396 e. The summed E-state index contributed by atoms with van der Waals surface area (Å²) in [6, 6.07) is 6.15. The number of benzene rings is 1. The van der Waals surface area contributed by atoms with Crippen LogP contribution in [-0.4, -0.2) is 31.3 Å². The van der Waals surface area contributed by atoms with Crippen molar-refractivity contribution in [2.24, 2.45) is 4.99 Å². The van der Waals surface area contributed by atoms with E-state index in [0.29, 0.717) is 13.2 Å². The molecule has 0 spiro atoms. The van der Waals surface area contributed by atoms with Crippen molar-refractivity contribution in [3.8, 4) is 0 Å². The highest BCUT2D eigenvalue weighted by Crippen LogP contribution is 2.18. The van der Waals surface area contributed by atoms with Gasteiger partial charge >= 0.3 is 0 Å². The van der Waals surface area contributed by atoms with Crippen LogP contribution >= 0.6 is 0 Å². The second-order valence-corrected chi connectivity index (χ2v) is 4.58. The molecule has 0 aliphatic carbocycles. The molecule has 1 N–H and O–H groups in total. The second kappa shape index (κ2) is 8.46. The van der Waals surface area contributed by atoms with Gasteiger partial charge in [-0.25, -0.2) is 0 Å². The van der Waals surface area contributed by atoms with E-state index in [9.17, 15) is 5.11 Å². The van der Waals surface area contributed by atoms with Gasteiger partial charge in [0.25, 0.3) is 0 Å². The first-order chi connectivity index (χ1) is 9.63. The van der Waals surface area contributed by atoms with Crippen molar-refractivity contribution in [2.75, 3.05) is 20.4 Å². The zero-order chi connectivity index (χ0) is 15.0. The molecule has 0 atom stereocenters. The van der Waals surface area contributed by atoms with Gasteiger partial charge in [-0.15, -0.1) is 0 Å². The van der Waals surface area contributed by atoms with Crippen LogP contribution in [0.3, 0.4) is 0 Å². The maximum absolute atomic E-state index is 9.21. The van der Waals surface area contributed by atoms with Crippen LogP contribution in [0.5, 0.6) is 0 Å². The third-order valence-electron chi connectivity index (χ3n) is 2.93. The first kappa shape index (κ1) is 16.3. The minimum absolute atomic E-state index is 0.115. The van der Waals surface area contributed by atoms with Gasteiger partial charge < -0.3 is 9.84 Å². The van der Waals surface area contributed by atoms with Gasteiger partial charge in [-0.1, -0.05) is 36.4 Å². The third-order valence-corrected chi connectivity index (χ3v) is 2.93. The van der Waals surface area contributed by atoms with E-state index in [1.54, 1.807) is 7.11 Å². The molecule has 0 heterocycles. The van der Waals surface area contributed by atoms with Crippen LogP contribution in [0.1, 0.15) is 23.6 Å². The molecule has 20 heavy (non-hydrogen) atoms. The van der Waals surface area contributed by atoms with Crippen LogP contribution in [0.25, 0.3) is 0 Å². The van der Waals surface area contributed by atoms with Gasteiger partial charge in [-0.3, -0.25) is 4.99 Å². The quantitative estimate of drug-likeness (QED) is 0.613. The SMILES string of the molecule is C=C(/C=C\C)/C(=N/COC)c1cc(C)ccc1CCO. The predicted octanol–water partition coefficient (Wildman–Crippen LogP) is 3.06. The molecule has 0 amide bonds. The maximum atomic E-state index is 9.21. The summed E-state index contributed by atoms with van der Waals surface area (Å²) in [5, 5.41) is 9.21. The van der Waals surface area contributed by atoms with E-state index in [4.69, 9.17) is 4.74 Å². The molecule has 3 nitrogen and oxygen atoms in total. The van der Waals surface area contributed by atoms with E-state index in [0.717, 1.165) is 28.0 Å². The van der Waals surface area contributed by atoms with Crippen molar-refractivity contribution in [1.82, 2.24) is 0 Å². The van der Waals surface area contributed by atoms with Gasteiger partial charge in [0.2, 0.25) is 0 Å². The average Bonchev–Trinajstić information content (AvgIpc) is 2.42. The van der Waals surface area contributed by atoms with E-state index in [-0.39, 0.29) is 6.61 Å². The summed E-state index contributed by atoms with van der Waals surface area (Å²) in [6.45, 7) is 8.46. The van der Waals surface area contributed by atoms with Crippen molar-refractivity contribution in [1.29, 1.82) is 0 Å². The van der Waals surface area contributed by atoms with Crippen LogP contribution in [0.4, 0.5) is 0 Å². The van der Waals surface area contributed by atoms with Crippen LogP contribution in [0.2, 0.25) is 0 Å². The number of ether oxygens (including phenoxy) is 1. The van der Waals surface area contributed by atoms with Gasteiger partial charge in [-0.05, 0) is 37.5 Å². The molecule has 0 aliphatic heterocycles. The monoisotopic (exact) mass is 273 g/mol. The number of aliphatic hydroxyl groups excluding tert-OH is 1. The molecular weight excluding hydrogens is 250 g/mol. The lowest BCUT2D eigenvalue weighted by molar-refractivity contribution is 0.209. The number of allylic oxidation sites excluding steroid dienone is 3. The summed E-state index contributed by atoms with van der Waals surface area (Å²) in [5.74, 6) is 0. The molecule has 0 aliphatic rings. The van der Waals surface area contributed by atoms with Gasteiger partial charge in [0.15, 0.2) is 0 Å². The highest BCUT2D eigenvalue weighted by atomic mass is 16.5. The molecule has 0 saturated heterocycles. The molecule has 108 valence electrons. The van der Waals surface area contributed by atoms with Crippen LogP contribution in [-0.2, 0) is 11.2 Å². The number of aliphatic hydroxyl groups is 1. The minimum atomic E-state index is 0.115. The Labute approximate surface area is 121 Å². The number of rotatable bonds is 7. The van der Waals surface area contributed by atoms with E-state index in [2.05, 4.69) is 17.6 Å². The van der Waals surface area contributed by atoms with Gasteiger partial charge in [0.1, 0.15) is 6.73 Å². The second-order valence-electron chi connectivity index (χ2n) is 4.58. The summed E-state index contributed by atoms with van der Waals surface area (Å²) in [5.41, 5.74) is 4.89. The third kappa shape index (κ3) is 4.44. The predicted molar refractivity (Wildman–Crippen MR) is 84.3 cm³/mol. The minimum Gasteiger partial charge on any atom is -0.396 e. The summed E-state index contributed by atoms with van der Waals surface area (Å²) < 4.78 is 5.05. The smallest absolute Gasteiger partial charge is 0.137 e. The Morgan fingerprint density at radius 1 is 1.45 bits per heavy atom. The summed E-state index contributed by atoms with van der Waals surface area (Å²) in [4.78, 5) is 4.48. The fourth-order valence-corrected chi connectivity index (χ4v) is 2.02. The average molecular weight is 273 g/mol. The maximum Gasteiger partial charge on any atom is 0.137 e. The zero-order valence-corrected chi connectivity index (χ0v) is 12.5. The Kier molecular flexibility index (Phi) is 6.91. The number of nitrogens with zero attached hydrogens (tertiary/aromatic N) is 1. The van der Waals surface area contributed by atoms with E-state index < -0.39 is 0 Å². The summed E-state index contributed by atoms with van der Waals surface area (Å²) >= 11 is 0. The highest BCUT2D eigenvalue weighted by Gasteiger charge is 2.11. The lowest BCUT2D eigenvalue weighted by Gasteiger charge is -2.13. The Morgan fingerprint density at radius 2 is 2.20 bits per heavy atom. The Morgan fingerprint density at radius 3 is 2.80 bits per heavy atom. The van der Waals surface area contributed by atoms with Gasteiger partial charge in [0.05, 0.1) is 5.71 Å². The zero-order valence-electron chi connectivity index (χ0n) is 12.5. The summed E-state index contributed by atoms with van der Waals surface area (Å²) in [7, 11) is 1.62. The molecule has 0 unspecified atom stereocenters. The van der Waals surface area contributed by atoms with E-state index in [1.165, 1.54) is 0 Å². The normalized spacial score (nSPS) is 12.1. The van der Waals surface area contributed by atoms with E-state index in [1.807, 2.05) is 38.1 Å². The van der Waals surface area contributed by atoms with Crippen LogP contribution in [0.15, 0.2) is 47.5 Å². The van der Waals surface area contributed by atoms with Crippen molar-refractivity contribution >= 4 is 5.71 Å². The lowest BCUT2D eigenvalue weighted by Crippen LogP contribution is -2.10. The number of methoxy groups -OCH3 is 1. The fraction of sp³-hybridized carbons (Fsp3) is 0.353. The van der Waals surface area contributed by atoms with Crippen molar-refractivity contribution < 1.29 is 9.84 Å². The molecule has 1 aromatic carbocycles. The number of hydrogen-bond acceptors (Lipinski definition) is 3. The van der Waals surface area contributed by atoms with Crippen molar-refractivity contribution in [2.45, 2.75) is 20.3 Å². The lowest BCUT2D eigenvalue weighted by atomic mass is 9.94. The molecule has 1 rings (SSSR count). The molecule has 0 bridgehead atoms. The molecule has 0 saturated carbocycles. The van der Waals surface area contributed by atoms with Gasteiger partial charge in [0, 0.05) is 19.3 Å².